The van der Waals surface area contributed by atoms with Crippen LogP contribution in [0.15, 0.2) is 0 Å². The molecule has 0 aliphatic heterocycles. The summed E-state index contributed by atoms with van der Waals surface area (Å²) in [7, 11) is -8.45. The predicted molar refractivity (Wildman–Crippen MR) is 68.7 cm³/mol. The Balaban J connectivity index is 0. The van der Waals surface area contributed by atoms with Gasteiger partial charge in [-0.15, -0.1) is 0 Å². The molecule has 0 atom stereocenters. The van der Waals surface area contributed by atoms with Crippen LogP contribution in [0, 0.1) is 0 Å². The summed E-state index contributed by atoms with van der Waals surface area (Å²) in [6.07, 6.45) is 0.0656. The Morgan fingerprint density at radius 2 is 1.28 bits per heavy atom. The minimum atomic E-state index is -4.60. The van der Waals surface area contributed by atoms with Gasteiger partial charge in [0.15, 0.2) is 4.90 Å². The third-order valence-electron chi connectivity index (χ3n) is 2.78. The maximum absolute atomic E-state index is 12.6. The van der Waals surface area contributed by atoms with E-state index in [1.54, 1.807) is 27.7 Å². The molecular weight excluding hydrogens is 285 g/mol. The molecular formula is C9H23FO6P2. The molecule has 0 radical (unpaired) electrons. The molecule has 9 heteroatoms. The van der Waals surface area contributed by atoms with E-state index in [-0.39, 0.29) is 30.8 Å². The molecule has 0 fully saturated rings. The lowest BCUT2D eigenvalue weighted by Crippen LogP contribution is -2.29. The minimum Gasteiger partial charge on any atom is -0.324 e. The monoisotopic (exact) mass is 308 g/mol. The second-order valence-corrected chi connectivity index (χ2v) is 8.23. The van der Waals surface area contributed by atoms with Gasteiger partial charge in [0.05, 0.1) is 13.2 Å². The molecule has 2 N–H and O–H groups in total. The Morgan fingerprint density at radius 3 is 1.44 bits per heavy atom. The Bertz CT molecular complexity index is 315. The molecule has 0 saturated carbocycles. The van der Waals surface area contributed by atoms with Gasteiger partial charge in [-0.1, -0.05) is 13.8 Å². The molecule has 0 unspecified atom stereocenters. The molecule has 0 saturated heterocycles. The molecule has 0 bridgehead atoms. The average Bonchev–Trinajstić information content (AvgIpc) is 2.18. The van der Waals surface area contributed by atoms with E-state index in [1.165, 1.54) is 0 Å². The van der Waals surface area contributed by atoms with Crippen LogP contribution in [-0.4, -0.2) is 27.9 Å². The van der Waals surface area contributed by atoms with E-state index in [4.69, 9.17) is 9.05 Å². The van der Waals surface area contributed by atoms with Crippen molar-refractivity contribution in [3.63, 3.8) is 0 Å². The highest BCUT2D eigenvalue weighted by Gasteiger charge is 2.60. The Morgan fingerprint density at radius 1 is 0.944 bits per heavy atom. The minimum absolute atomic E-state index is 0. The maximum atomic E-state index is 12.6. The number of hydrogen-bond donors (Lipinski definition) is 2. The van der Waals surface area contributed by atoms with Gasteiger partial charge >= 0.3 is 15.2 Å². The van der Waals surface area contributed by atoms with Gasteiger partial charge in [-0.3, -0.25) is 13.8 Å². The molecule has 0 spiro atoms. The van der Waals surface area contributed by atoms with Gasteiger partial charge in [0, 0.05) is 0 Å². The van der Waals surface area contributed by atoms with Crippen molar-refractivity contribution in [2.45, 2.75) is 45.4 Å². The van der Waals surface area contributed by atoms with E-state index in [2.05, 4.69) is 0 Å². The van der Waals surface area contributed by atoms with Crippen LogP contribution in [0.4, 0.5) is 4.70 Å². The van der Waals surface area contributed by atoms with Gasteiger partial charge in [-0.25, -0.2) is 0 Å². The van der Waals surface area contributed by atoms with Crippen molar-refractivity contribution in [2.24, 2.45) is 0 Å². The summed E-state index contributed by atoms with van der Waals surface area (Å²) in [5.41, 5.74) is 0. The number of hydrogen-bond acceptors (Lipinski definition) is 4. The normalized spacial score (nSPS) is 13.2. The third kappa shape index (κ3) is 3.62. The van der Waals surface area contributed by atoms with E-state index >= 15 is 0 Å². The summed E-state index contributed by atoms with van der Waals surface area (Å²) in [6.45, 7) is 6.54. The smallest absolute Gasteiger partial charge is 0.324 e. The molecule has 112 valence electrons. The third-order valence-corrected chi connectivity index (χ3v) is 8.86. The summed E-state index contributed by atoms with van der Waals surface area (Å²) in [5, 5.41) is 0. The predicted octanol–water partition coefficient (Wildman–Crippen LogP) is 3.10. The molecule has 0 rings (SSSR count). The highest BCUT2D eigenvalue weighted by atomic mass is 31.2. The highest BCUT2D eigenvalue weighted by molar-refractivity contribution is 7.73. The Labute approximate surface area is 107 Å². The van der Waals surface area contributed by atoms with Gasteiger partial charge in [0.1, 0.15) is 0 Å². The number of halogens is 1. The fourth-order valence-corrected chi connectivity index (χ4v) is 6.28. The maximum Gasteiger partial charge on any atom is 0.348 e. The molecule has 0 aliphatic rings. The van der Waals surface area contributed by atoms with Crippen LogP contribution in [0.25, 0.3) is 0 Å². The van der Waals surface area contributed by atoms with Gasteiger partial charge in [0.2, 0.25) is 0 Å². The topological polar surface area (TPSA) is 93.1 Å². The summed E-state index contributed by atoms with van der Waals surface area (Å²) in [6, 6.07) is 0. The van der Waals surface area contributed by atoms with Crippen LogP contribution in [0.5, 0.6) is 0 Å². The second kappa shape index (κ2) is 7.73. The highest BCUT2D eigenvalue weighted by Crippen LogP contribution is 2.76. The van der Waals surface area contributed by atoms with Crippen LogP contribution < -0.4 is 0 Å². The lowest BCUT2D eigenvalue weighted by molar-refractivity contribution is 0.197. The molecule has 0 aliphatic carbocycles. The van der Waals surface area contributed by atoms with Crippen molar-refractivity contribution in [3.05, 3.63) is 0 Å². The summed E-state index contributed by atoms with van der Waals surface area (Å²) < 4.78 is 34.5. The van der Waals surface area contributed by atoms with Crippen molar-refractivity contribution in [1.29, 1.82) is 0 Å². The average molecular weight is 308 g/mol. The molecule has 18 heavy (non-hydrogen) atoms. The van der Waals surface area contributed by atoms with Crippen molar-refractivity contribution in [1.82, 2.24) is 0 Å². The van der Waals surface area contributed by atoms with Crippen LogP contribution in [0.3, 0.4) is 0 Å². The van der Waals surface area contributed by atoms with E-state index in [0.29, 0.717) is 0 Å². The van der Waals surface area contributed by atoms with Gasteiger partial charge in [-0.2, -0.15) is 0 Å². The summed E-state index contributed by atoms with van der Waals surface area (Å²) >= 11 is 0. The summed E-state index contributed by atoms with van der Waals surface area (Å²) in [5.74, 6) is 0. The quantitative estimate of drug-likeness (QED) is 0.669. The largest absolute Gasteiger partial charge is 0.348 e. The first-order chi connectivity index (χ1) is 7.74. The summed E-state index contributed by atoms with van der Waals surface area (Å²) in [4.78, 5) is 17.2. The second-order valence-electron chi connectivity index (χ2n) is 3.57. The lowest BCUT2D eigenvalue weighted by atomic mass is 10.2. The zero-order valence-electron chi connectivity index (χ0n) is 11.2. The number of rotatable bonds is 8. The van der Waals surface area contributed by atoms with E-state index < -0.39 is 20.1 Å². The van der Waals surface area contributed by atoms with Crippen molar-refractivity contribution in [3.8, 4) is 0 Å². The molecule has 0 aromatic rings. The van der Waals surface area contributed by atoms with Crippen molar-refractivity contribution < 1.29 is 32.7 Å². The van der Waals surface area contributed by atoms with Gasteiger partial charge in [-0.05, 0) is 26.7 Å². The Hall–Kier alpha value is 0.230. The first-order valence-corrected chi connectivity index (χ1v) is 8.85. The fourth-order valence-electron chi connectivity index (χ4n) is 1.83. The van der Waals surface area contributed by atoms with Gasteiger partial charge in [0.25, 0.3) is 0 Å². The van der Waals surface area contributed by atoms with Crippen molar-refractivity contribution in [2.75, 3.05) is 13.2 Å². The Kier molecular flexibility index (Phi) is 8.82. The molecule has 6 nitrogen and oxygen atoms in total. The fraction of sp³-hybridized carbons (Fsp3) is 1.00. The standard InChI is InChI=1S/C9H22O6P2.FH/c1-5-9(6-2,16(10,11)12)17(13,14-7-3)15-8-4;/h5-8H2,1-4H3,(H2,10,11,12);1H. The SMILES string of the molecule is CCOP(=O)(OCC)C(CC)(CC)P(=O)(O)O.F. The zero-order chi connectivity index (χ0) is 13.7. The van der Waals surface area contributed by atoms with Crippen LogP contribution in [0.2, 0.25) is 0 Å². The first-order valence-electron chi connectivity index (χ1n) is 5.69. The van der Waals surface area contributed by atoms with E-state index in [0.717, 1.165) is 0 Å². The van der Waals surface area contributed by atoms with Crippen LogP contribution in [-0.2, 0) is 18.2 Å². The van der Waals surface area contributed by atoms with Crippen molar-refractivity contribution >= 4 is 15.2 Å². The molecule has 0 aromatic carbocycles. The molecule has 0 heterocycles. The van der Waals surface area contributed by atoms with Crippen LogP contribution >= 0.6 is 15.2 Å². The zero-order valence-corrected chi connectivity index (χ0v) is 12.9. The van der Waals surface area contributed by atoms with Gasteiger partial charge < -0.3 is 18.8 Å². The lowest BCUT2D eigenvalue weighted by Gasteiger charge is -2.37. The van der Waals surface area contributed by atoms with Crippen LogP contribution in [0.1, 0.15) is 40.5 Å². The van der Waals surface area contributed by atoms with E-state index in [1.807, 2.05) is 0 Å². The molecule has 0 aromatic heterocycles. The van der Waals surface area contributed by atoms with E-state index in [9.17, 15) is 18.9 Å². The first kappa shape index (κ1) is 20.5. The molecule has 0 amide bonds.